The molecule has 0 spiro atoms. The summed E-state index contributed by atoms with van der Waals surface area (Å²) in [6.07, 6.45) is 1.57. The van der Waals surface area contributed by atoms with Gasteiger partial charge in [-0.2, -0.15) is 0 Å². The number of hydrogen-bond acceptors (Lipinski definition) is 5. The van der Waals surface area contributed by atoms with E-state index >= 15 is 0 Å². The molecule has 0 unspecified atom stereocenters. The lowest BCUT2D eigenvalue weighted by molar-refractivity contribution is 0.102. The van der Waals surface area contributed by atoms with Crippen LogP contribution in [0.3, 0.4) is 0 Å². The normalized spacial score (nSPS) is 12.3. The van der Waals surface area contributed by atoms with Crippen molar-refractivity contribution in [1.82, 2.24) is 4.98 Å². The van der Waals surface area contributed by atoms with Crippen LogP contribution in [0.25, 0.3) is 0 Å². The molecule has 0 atom stereocenters. The first-order valence-corrected chi connectivity index (χ1v) is 6.55. The Hall–Kier alpha value is -2.47. The van der Waals surface area contributed by atoms with Gasteiger partial charge in [-0.25, -0.2) is 4.98 Å². The van der Waals surface area contributed by atoms with Crippen molar-refractivity contribution in [3.8, 4) is 11.5 Å². The number of aromatic nitrogens is 1. The van der Waals surface area contributed by atoms with Crippen molar-refractivity contribution in [2.75, 3.05) is 17.8 Å². The lowest BCUT2D eigenvalue weighted by Gasteiger charge is -2.11. The minimum Gasteiger partial charge on any atom is -0.454 e. The number of aryl methyl sites for hydroxylation is 1. The maximum absolute atomic E-state index is 12.4. The number of ether oxygens (including phenoxy) is 2. The number of nitrogen functional groups attached to an aromatic ring is 1. The summed E-state index contributed by atoms with van der Waals surface area (Å²) in [5.74, 6) is 0.631. The Kier molecular flexibility index (Phi) is 3.31. The minimum atomic E-state index is -0.385. The molecule has 2 aromatic rings. The van der Waals surface area contributed by atoms with E-state index in [1.54, 1.807) is 24.4 Å². The number of nitrogens with zero attached hydrogens (tertiary/aromatic N) is 1. The fraction of sp³-hybridized carbons (Fsp3) is 0.143. The molecular formula is C14H12ClN3O3. The Bertz CT molecular complexity index is 713. The highest BCUT2D eigenvalue weighted by Crippen LogP contribution is 2.36. The van der Waals surface area contributed by atoms with Gasteiger partial charge in [0.1, 0.15) is 0 Å². The molecule has 1 aliphatic heterocycles. The maximum Gasteiger partial charge on any atom is 0.257 e. The van der Waals surface area contributed by atoms with Crippen molar-refractivity contribution in [2.45, 2.75) is 6.92 Å². The number of carbonyl (C=O) groups is 1. The zero-order chi connectivity index (χ0) is 15.0. The van der Waals surface area contributed by atoms with Gasteiger partial charge in [-0.15, -0.1) is 0 Å². The van der Waals surface area contributed by atoms with E-state index in [2.05, 4.69) is 10.3 Å². The van der Waals surface area contributed by atoms with E-state index in [4.69, 9.17) is 26.8 Å². The van der Waals surface area contributed by atoms with E-state index in [1.165, 1.54) is 0 Å². The van der Waals surface area contributed by atoms with Gasteiger partial charge in [0.2, 0.25) is 6.79 Å². The van der Waals surface area contributed by atoms with Crippen LogP contribution >= 0.6 is 11.6 Å². The van der Waals surface area contributed by atoms with Crippen LogP contribution in [0.2, 0.25) is 5.15 Å². The molecule has 6 nitrogen and oxygen atoms in total. The quantitative estimate of drug-likeness (QED) is 0.658. The number of carbonyl (C=O) groups excluding carboxylic acids is 1. The van der Waals surface area contributed by atoms with Gasteiger partial charge in [-0.3, -0.25) is 4.79 Å². The molecule has 0 radical (unpaired) electrons. The zero-order valence-electron chi connectivity index (χ0n) is 11.1. The molecule has 0 saturated carbocycles. The van der Waals surface area contributed by atoms with E-state index in [0.29, 0.717) is 28.4 Å². The fourth-order valence-corrected chi connectivity index (χ4v) is 2.26. The van der Waals surface area contributed by atoms with Crippen molar-refractivity contribution in [3.05, 3.63) is 40.7 Å². The summed E-state index contributed by atoms with van der Waals surface area (Å²) in [6.45, 7) is 1.94. The van der Waals surface area contributed by atoms with E-state index in [9.17, 15) is 4.79 Å². The van der Waals surface area contributed by atoms with Crippen LogP contribution in [0, 0.1) is 6.92 Å². The van der Waals surface area contributed by atoms with E-state index in [-0.39, 0.29) is 17.9 Å². The zero-order valence-corrected chi connectivity index (χ0v) is 11.9. The molecule has 1 aliphatic rings. The molecule has 7 heteroatoms. The summed E-state index contributed by atoms with van der Waals surface area (Å²) in [5.41, 5.74) is 7.74. The third-order valence-corrected chi connectivity index (χ3v) is 3.43. The highest BCUT2D eigenvalue weighted by Gasteiger charge is 2.20. The van der Waals surface area contributed by atoms with Crippen LogP contribution in [-0.2, 0) is 0 Å². The molecular weight excluding hydrogens is 294 g/mol. The third-order valence-electron chi connectivity index (χ3n) is 3.14. The standard InChI is InChI=1S/C14H12ClN3O3/c1-7-2-3-17-13(15)12(7)18-14(19)8-4-10-11(5-9(8)16)21-6-20-10/h2-5H,6,16H2,1H3,(H,18,19). The SMILES string of the molecule is Cc1ccnc(Cl)c1NC(=O)c1cc2c(cc1N)OCO2. The summed E-state index contributed by atoms with van der Waals surface area (Å²) in [6, 6.07) is 4.87. The lowest BCUT2D eigenvalue weighted by Crippen LogP contribution is -2.15. The topological polar surface area (TPSA) is 86.5 Å². The van der Waals surface area contributed by atoms with Gasteiger partial charge < -0.3 is 20.5 Å². The van der Waals surface area contributed by atoms with E-state index in [1.807, 2.05) is 6.92 Å². The highest BCUT2D eigenvalue weighted by atomic mass is 35.5. The molecule has 0 bridgehead atoms. The first-order valence-electron chi connectivity index (χ1n) is 6.18. The van der Waals surface area contributed by atoms with Gasteiger partial charge >= 0.3 is 0 Å². The number of fused-ring (bicyclic) bond motifs is 1. The molecule has 0 aliphatic carbocycles. The second kappa shape index (κ2) is 5.14. The number of pyridine rings is 1. The number of hydrogen-bond donors (Lipinski definition) is 2. The van der Waals surface area contributed by atoms with Gasteiger partial charge in [0.15, 0.2) is 16.7 Å². The van der Waals surface area contributed by atoms with Crippen LogP contribution in [0.1, 0.15) is 15.9 Å². The molecule has 1 amide bonds. The highest BCUT2D eigenvalue weighted by molar-refractivity contribution is 6.33. The number of halogens is 1. The molecule has 108 valence electrons. The number of amides is 1. The van der Waals surface area contributed by atoms with Gasteiger partial charge in [0, 0.05) is 18.0 Å². The van der Waals surface area contributed by atoms with Crippen LogP contribution in [0.5, 0.6) is 11.5 Å². The molecule has 0 saturated heterocycles. The number of rotatable bonds is 2. The first kappa shape index (κ1) is 13.5. The first-order chi connectivity index (χ1) is 10.1. The average molecular weight is 306 g/mol. The van der Waals surface area contributed by atoms with Crippen molar-refractivity contribution >= 4 is 28.9 Å². The Morgan fingerprint density at radius 2 is 2.10 bits per heavy atom. The van der Waals surface area contributed by atoms with Crippen LogP contribution < -0.4 is 20.5 Å². The fourth-order valence-electron chi connectivity index (χ4n) is 2.01. The van der Waals surface area contributed by atoms with Gasteiger partial charge in [-0.05, 0) is 24.6 Å². The molecule has 1 aromatic carbocycles. The van der Waals surface area contributed by atoms with E-state index < -0.39 is 0 Å². The Morgan fingerprint density at radius 3 is 2.81 bits per heavy atom. The van der Waals surface area contributed by atoms with Crippen molar-refractivity contribution in [1.29, 1.82) is 0 Å². The van der Waals surface area contributed by atoms with Crippen LogP contribution in [-0.4, -0.2) is 17.7 Å². The van der Waals surface area contributed by atoms with Crippen molar-refractivity contribution in [3.63, 3.8) is 0 Å². The Labute approximate surface area is 125 Å². The second-order valence-electron chi connectivity index (χ2n) is 4.54. The summed E-state index contributed by atoms with van der Waals surface area (Å²) >= 11 is 5.99. The largest absolute Gasteiger partial charge is 0.454 e. The maximum atomic E-state index is 12.4. The molecule has 3 rings (SSSR count). The molecule has 1 aromatic heterocycles. The average Bonchev–Trinajstić information content (AvgIpc) is 2.89. The molecule has 0 fully saturated rings. The van der Waals surface area contributed by atoms with Gasteiger partial charge in [-0.1, -0.05) is 11.6 Å². The second-order valence-corrected chi connectivity index (χ2v) is 4.90. The summed E-state index contributed by atoms with van der Waals surface area (Å²) < 4.78 is 10.5. The summed E-state index contributed by atoms with van der Waals surface area (Å²) in [5, 5.41) is 2.94. The molecule has 21 heavy (non-hydrogen) atoms. The third kappa shape index (κ3) is 2.45. The molecule has 2 heterocycles. The Balaban J connectivity index is 1.93. The van der Waals surface area contributed by atoms with E-state index in [0.717, 1.165) is 5.56 Å². The predicted octanol–water partition coefficient (Wildman–Crippen LogP) is 2.61. The monoisotopic (exact) mass is 305 g/mol. The minimum absolute atomic E-state index is 0.118. The number of benzene rings is 1. The number of nitrogens with two attached hydrogens (primary N) is 1. The smallest absolute Gasteiger partial charge is 0.257 e. The predicted molar refractivity (Wildman–Crippen MR) is 78.9 cm³/mol. The summed E-state index contributed by atoms with van der Waals surface area (Å²) in [7, 11) is 0. The lowest BCUT2D eigenvalue weighted by atomic mass is 10.1. The van der Waals surface area contributed by atoms with Crippen LogP contribution in [0.15, 0.2) is 24.4 Å². The number of anilines is 2. The summed E-state index contributed by atoms with van der Waals surface area (Å²) in [4.78, 5) is 16.3. The van der Waals surface area contributed by atoms with Gasteiger partial charge in [0.25, 0.3) is 5.91 Å². The van der Waals surface area contributed by atoms with Crippen molar-refractivity contribution in [2.24, 2.45) is 0 Å². The van der Waals surface area contributed by atoms with Crippen LogP contribution in [0.4, 0.5) is 11.4 Å². The number of nitrogens with one attached hydrogen (secondary N) is 1. The molecule has 3 N–H and O–H groups in total. The van der Waals surface area contributed by atoms with Crippen molar-refractivity contribution < 1.29 is 14.3 Å². The van der Waals surface area contributed by atoms with Gasteiger partial charge in [0.05, 0.1) is 11.3 Å². The Morgan fingerprint density at radius 1 is 1.38 bits per heavy atom.